The standard InChI is InChI=1S/C18H23N5O2/c1-18(2)15(14-6-7-25-16(14)18)22-17(24)20-9-12-4-3-5-13(8-12)23-11-19-10-21-23/h3-5,8,10-11,14-16H,6-7,9H2,1-2H3,(H2,20,22,24). The van der Waals surface area contributed by atoms with E-state index in [0.29, 0.717) is 12.5 Å². The van der Waals surface area contributed by atoms with Gasteiger partial charge in [0.15, 0.2) is 0 Å². The fraction of sp³-hybridized carbons (Fsp3) is 0.500. The van der Waals surface area contributed by atoms with E-state index < -0.39 is 0 Å². The van der Waals surface area contributed by atoms with Crippen molar-refractivity contribution in [2.45, 2.75) is 39.0 Å². The molecule has 0 bridgehead atoms. The van der Waals surface area contributed by atoms with Gasteiger partial charge < -0.3 is 15.4 Å². The van der Waals surface area contributed by atoms with Gasteiger partial charge in [-0.05, 0) is 24.1 Å². The average Bonchev–Trinajstić information content (AvgIpc) is 3.28. The van der Waals surface area contributed by atoms with Gasteiger partial charge in [0.05, 0.1) is 11.8 Å². The second-order valence-corrected chi connectivity index (χ2v) is 7.38. The third kappa shape index (κ3) is 2.89. The summed E-state index contributed by atoms with van der Waals surface area (Å²) < 4.78 is 7.47. The van der Waals surface area contributed by atoms with E-state index in [-0.39, 0.29) is 23.6 Å². The van der Waals surface area contributed by atoms with Crippen LogP contribution >= 0.6 is 0 Å². The number of amides is 2. The number of carbonyl (C=O) groups is 1. The van der Waals surface area contributed by atoms with Crippen molar-refractivity contribution >= 4 is 6.03 Å². The second-order valence-electron chi connectivity index (χ2n) is 7.38. The van der Waals surface area contributed by atoms with Crippen molar-refractivity contribution in [3.05, 3.63) is 42.5 Å². The predicted molar refractivity (Wildman–Crippen MR) is 92.1 cm³/mol. The molecule has 2 heterocycles. The van der Waals surface area contributed by atoms with Crippen LogP contribution in [-0.2, 0) is 11.3 Å². The molecule has 1 aromatic heterocycles. The highest BCUT2D eigenvalue weighted by atomic mass is 16.5. The zero-order valence-corrected chi connectivity index (χ0v) is 14.5. The Kier molecular flexibility index (Phi) is 3.95. The molecule has 7 heteroatoms. The topological polar surface area (TPSA) is 81.1 Å². The highest BCUT2D eigenvalue weighted by Gasteiger charge is 2.59. The van der Waals surface area contributed by atoms with Crippen LogP contribution < -0.4 is 10.6 Å². The van der Waals surface area contributed by atoms with Gasteiger partial charge in [-0.2, -0.15) is 5.10 Å². The Bertz CT molecular complexity index is 759. The molecule has 4 rings (SSSR count). The Labute approximate surface area is 146 Å². The summed E-state index contributed by atoms with van der Waals surface area (Å²) in [6, 6.07) is 7.91. The van der Waals surface area contributed by atoms with E-state index in [2.05, 4.69) is 34.6 Å². The Hall–Kier alpha value is -2.41. The molecular weight excluding hydrogens is 318 g/mol. The number of rotatable bonds is 4. The first-order valence-corrected chi connectivity index (χ1v) is 8.65. The first kappa shape index (κ1) is 16.1. The summed E-state index contributed by atoms with van der Waals surface area (Å²) in [5.41, 5.74) is 1.92. The maximum Gasteiger partial charge on any atom is 0.315 e. The van der Waals surface area contributed by atoms with Crippen molar-refractivity contribution in [1.29, 1.82) is 0 Å². The summed E-state index contributed by atoms with van der Waals surface area (Å²) in [4.78, 5) is 16.3. The van der Waals surface area contributed by atoms with Crippen LogP contribution in [0.15, 0.2) is 36.9 Å². The third-order valence-electron chi connectivity index (χ3n) is 5.43. The number of ether oxygens (including phenoxy) is 1. The highest BCUT2D eigenvalue weighted by Crippen LogP contribution is 2.52. The third-order valence-corrected chi connectivity index (χ3v) is 5.43. The molecule has 2 aliphatic rings. The molecule has 1 aliphatic carbocycles. The molecule has 132 valence electrons. The Balaban J connectivity index is 1.34. The van der Waals surface area contributed by atoms with Gasteiger partial charge in [-0.1, -0.05) is 26.0 Å². The summed E-state index contributed by atoms with van der Waals surface area (Å²) in [6.07, 6.45) is 4.45. The summed E-state index contributed by atoms with van der Waals surface area (Å²) in [6.45, 7) is 5.58. The fourth-order valence-electron chi connectivity index (χ4n) is 4.14. The second kappa shape index (κ2) is 6.15. The van der Waals surface area contributed by atoms with Crippen LogP contribution in [0.4, 0.5) is 4.79 Å². The summed E-state index contributed by atoms with van der Waals surface area (Å²) >= 11 is 0. The maximum atomic E-state index is 12.3. The van der Waals surface area contributed by atoms with Crippen molar-refractivity contribution in [3.63, 3.8) is 0 Å². The van der Waals surface area contributed by atoms with Crippen molar-refractivity contribution in [2.75, 3.05) is 6.61 Å². The molecule has 3 unspecified atom stereocenters. The quantitative estimate of drug-likeness (QED) is 0.890. The smallest absolute Gasteiger partial charge is 0.315 e. The van der Waals surface area contributed by atoms with Gasteiger partial charge in [0.2, 0.25) is 0 Å². The molecule has 0 radical (unpaired) electrons. The summed E-state index contributed by atoms with van der Waals surface area (Å²) in [5, 5.41) is 10.2. The number of nitrogens with one attached hydrogen (secondary N) is 2. The van der Waals surface area contributed by atoms with E-state index in [1.165, 1.54) is 6.33 Å². The van der Waals surface area contributed by atoms with Crippen LogP contribution in [0.5, 0.6) is 0 Å². The van der Waals surface area contributed by atoms with Crippen molar-refractivity contribution < 1.29 is 9.53 Å². The number of carbonyl (C=O) groups excluding carboxylic acids is 1. The normalized spacial score (nSPS) is 26.6. The number of fused-ring (bicyclic) bond motifs is 1. The van der Waals surface area contributed by atoms with Gasteiger partial charge >= 0.3 is 6.03 Å². The van der Waals surface area contributed by atoms with E-state index >= 15 is 0 Å². The Morgan fingerprint density at radius 2 is 2.32 bits per heavy atom. The summed E-state index contributed by atoms with van der Waals surface area (Å²) in [5.74, 6) is 0.441. The lowest BCUT2D eigenvalue weighted by Crippen LogP contribution is -2.67. The first-order chi connectivity index (χ1) is 12.1. The van der Waals surface area contributed by atoms with Crippen LogP contribution in [-0.4, -0.2) is 39.5 Å². The monoisotopic (exact) mass is 341 g/mol. The van der Waals surface area contributed by atoms with Gasteiger partial charge in [0.1, 0.15) is 12.7 Å². The number of urea groups is 1. The van der Waals surface area contributed by atoms with Crippen molar-refractivity contribution in [2.24, 2.45) is 11.3 Å². The molecule has 1 saturated heterocycles. The van der Waals surface area contributed by atoms with E-state index in [9.17, 15) is 4.79 Å². The lowest BCUT2D eigenvalue weighted by atomic mass is 9.57. The molecule has 2 aromatic rings. The number of hydrogen-bond acceptors (Lipinski definition) is 4. The number of nitrogens with zero attached hydrogens (tertiary/aromatic N) is 3. The van der Waals surface area contributed by atoms with Crippen LogP contribution in [0, 0.1) is 11.3 Å². The van der Waals surface area contributed by atoms with Crippen LogP contribution in [0.1, 0.15) is 25.8 Å². The van der Waals surface area contributed by atoms with Crippen LogP contribution in [0.2, 0.25) is 0 Å². The van der Waals surface area contributed by atoms with Crippen LogP contribution in [0.25, 0.3) is 5.69 Å². The minimum Gasteiger partial charge on any atom is -0.377 e. The van der Waals surface area contributed by atoms with Crippen LogP contribution in [0.3, 0.4) is 0 Å². The SMILES string of the molecule is CC1(C)C(NC(=O)NCc2cccc(-n3cncn3)c2)C2CCOC21. The molecule has 3 atom stereocenters. The van der Waals surface area contributed by atoms with Crippen molar-refractivity contribution in [3.8, 4) is 5.69 Å². The molecule has 1 aliphatic heterocycles. The van der Waals surface area contributed by atoms with E-state index in [1.54, 1.807) is 11.0 Å². The van der Waals surface area contributed by atoms with Gasteiger partial charge in [-0.3, -0.25) is 0 Å². The molecule has 0 spiro atoms. The molecule has 25 heavy (non-hydrogen) atoms. The Morgan fingerprint density at radius 1 is 1.44 bits per heavy atom. The molecule has 1 aromatic carbocycles. The number of benzene rings is 1. The predicted octanol–water partition coefficient (Wildman–Crippen LogP) is 1.88. The average molecular weight is 341 g/mol. The van der Waals surface area contributed by atoms with E-state index in [4.69, 9.17) is 4.74 Å². The van der Waals surface area contributed by atoms with Crippen molar-refractivity contribution in [1.82, 2.24) is 25.4 Å². The maximum absolute atomic E-state index is 12.3. The molecule has 7 nitrogen and oxygen atoms in total. The highest BCUT2D eigenvalue weighted by molar-refractivity contribution is 5.74. The summed E-state index contributed by atoms with van der Waals surface area (Å²) in [7, 11) is 0. The zero-order chi connectivity index (χ0) is 17.4. The lowest BCUT2D eigenvalue weighted by molar-refractivity contribution is -0.108. The Morgan fingerprint density at radius 3 is 3.12 bits per heavy atom. The van der Waals surface area contributed by atoms with Gasteiger partial charge in [-0.15, -0.1) is 0 Å². The largest absolute Gasteiger partial charge is 0.377 e. The lowest BCUT2D eigenvalue weighted by Gasteiger charge is -2.54. The molecule has 1 saturated carbocycles. The first-order valence-electron chi connectivity index (χ1n) is 8.65. The number of hydrogen-bond donors (Lipinski definition) is 2. The minimum absolute atomic E-state index is 0.00842. The fourth-order valence-corrected chi connectivity index (χ4v) is 4.14. The van der Waals surface area contributed by atoms with Gasteiger partial charge in [0, 0.05) is 30.5 Å². The molecule has 2 N–H and O–H groups in total. The van der Waals surface area contributed by atoms with Gasteiger partial charge in [-0.25, -0.2) is 14.5 Å². The zero-order valence-electron chi connectivity index (χ0n) is 14.5. The number of aromatic nitrogens is 3. The minimum atomic E-state index is -0.130. The van der Waals surface area contributed by atoms with Gasteiger partial charge in [0.25, 0.3) is 0 Å². The molecule has 2 amide bonds. The molecular formula is C18H23N5O2. The van der Waals surface area contributed by atoms with E-state index in [1.807, 2.05) is 24.3 Å². The molecule has 2 fully saturated rings. The van der Waals surface area contributed by atoms with E-state index in [0.717, 1.165) is 24.3 Å².